The third-order valence-electron chi connectivity index (χ3n) is 1.71. The first-order valence-electron chi connectivity index (χ1n) is 3.30. The van der Waals surface area contributed by atoms with E-state index in [4.69, 9.17) is 0 Å². The molecule has 0 amide bonds. The summed E-state index contributed by atoms with van der Waals surface area (Å²) in [6.07, 6.45) is -4.31. The molecule has 0 spiro atoms. The Kier molecular flexibility index (Phi) is 1.61. The highest BCUT2D eigenvalue weighted by molar-refractivity contribution is 7.98. The van der Waals surface area contributed by atoms with E-state index in [9.17, 15) is 13.2 Å². The molecule has 6 heteroatoms. The van der Waals surface area contributed by atoms with Crippen LogP contribution in [0.5, 0.6) is 0 Å². The number of rotatable bonds is 0. The van der Waals surface area contributed by atoms with Crippen molar-refractivity contribution in [2.75, 3.05) is 0 Å². The topological polar surface area (TPSA) is 28.7 Å². The van der Waals surface area contributed by atoms with Gasteiger partial charge in [0.15, 0.2) is 5.69 Å². The molecule has 1 aliphatic heterocycles. The Morgan fingerprint density at radius 1 is 1.33 bits per heavy atom. The summed E-state index contributed by atoms with van der Waals surface area (Å²) < 4.78 is 36.6. The van der Waals surface area contributed by atoms with Gasteiger partial charge in [0.1, 0.15) is 0 Å². The molecule has 1 aromatic heterocycles. The zero-order valence-electron chi connectivity index (χ0n) is 5.90. The minimum atomic E-state index is -4.31. The van der Waals surface area contributed by atoms with Crippen LogP contribution in [0.2, 0.25) is 0 Å². The lowest BCUT2D eigenvalue weighted by Gasteiger charge is -2.02. The fourth-order valence-corrected chi connectivity index (χ4v) is 2.23. The molecular weight excluding hydrogens is 189 g/mol. The Morgan fingerprint density at radius 2 is 2.08 bits per heavy atom. The fourth-order valence-electron chi connectivity index (χ4n) is 1.17. The van der Waals surface area contributed by atoms with Gasteiger partial charge in [0.2, 0.25) is 0 Å². The van der Waals surface area contributed by atoms with Crippen molar-refractivity contribution in [3.05, 3.63) is 17.0 Å². The first-order valence-corrected chi connectivity index (χ1v) is 4.45. The summed E-state index contributed by atoms with van der Waals surface area (Å²) in [7, 11) is 0. The maximum Gasteiger partial charge on any atom is 0.435 e. The zero-order chi connectivity index (χ0) is 8.77. The van der Waals surface area contributed by atoms with Crippen LogP contribution in [-0.4, -0.2) is 10.2 Å². The summed E-state index contributed by atoms with van der Waals surface area (Å²) >= 11 is 1.47. The van der Waals surface area contributed by atoms with Gasteiger partial charge in [-0.25, -0.2) is 0 Å². The highest BCUT2D eigenvalue weighted by Crippen LogP contribution is 2.38. The van der Waals surface area contributed by atoms with Crippen molar-refractivity contribution < 1.29 is 13.2 Å². The predicted molar refractivity (Wildman–Crippen MR) is 38.6 cm³/mol. The van der Waals surface area contributed by atoms with Gasteiger partial charge in [0.25, 0.3) is 0 Å². The van der Waals surface area contributed by atoms with Gasteiger partial charge in [0.05, 0.1) is 0 Å². The summed E-state index contributed by atoms with van der Waals surface area (Å²) in [4.78, 5) is 0. The first kappa shape index (κ1) is 7.97. The number of nitrogens with zero attached hydrogens (tertiary/aromatic N) is 1. The molecule has 66 valence electrons. The van der Waals surface area contributed by atoms with Crippen molar-refractivity contribution >= 4 is 11.8 Å². The average molecular weight is 194 g/mol. The van der Waals surface area contributed by atoms with Crippen molar-refractivity contribution in [2.45, 2.75) is 17.7 Å². The van der Waals surface area contributed by atoms with Crippen LogP contribution in [0.4, 0.5) is 13.2 Å². The number of halogens is 3. The molecule has 0 aliphatic carbocycles. The third kappa shape index (κ3) is 1.10. The molecule has 0 saturated carbocycles. The standard InChI is InChI=1S/C6H5F3N2S/c7-6(8,9)5-3-1-12-2-4(3)10-11-5/h1-2H2,(H,10,11). The number of aromatic amines is 1. The Balaban J connectivity index is 2.46. The molecule has 12 heavy (non-hydrogen) atoms. The van der Waals surface area contributed by atoms with E-state index in [0.29, 0.717) is 22.8 Å². The number of H-pyrrole nitrogens is 1. The molecule has 2 heterocycles. The monoisotopic (exact) mass is 194 g/mol. The van der Waals surface area contributed by atoms with Crippen LogP contribution in [-0.2, 0) is 17.7 Å². The minimum absolute atomic E-state index is 0.326. The van der Waals surface area contributed by atoms with Crippen molar-refractivity contribution in [1.29, 1.82) is 0 Å². The van der Waals surface area contributed by atoms with E-state index >= 15 is 0 Å². The number of alkyl halides is 3. The van der Waals surface area contributed by atoms with Gasteiger partial charge in [-0.2, -0.15) is 30.0 Å². The number of hydrogen-bond acceptors (Lipinski definition) is 2. The molecule has 0 unspecified atom stereocenters. The van der Waals surface area contributed by atoms with Gasteiger partial charge >= 0.3 is 6.18 Å². The normalized spacial score (nSPS) is 16.6. The summed E-state index contributed by atoms with van der Waals surface area (Å²) in [5, 5.41) is 5.65. The Hall–Kier alpha value is -0.650. The van der Waals surface area contributed by atoms with Gasteiger partial charge in [-0.1, -0.05) is 0 Å². The van der Waals surface area contributed by atoms with E-state index in [-0.39, 0.29) is 0 Å². The summed E-state index contributed by atoms with van der Waals surface area (Å²) in [6.45, 7) is 0. The van der Waals surface area contributed by atoms with E-state index in [2.05, 4.69) is 10.2 Å². The molecule has 0 saturated heterocycles. The molecule has 0 fully saturated rings. The smallest absolute Gasteiger partial charge is 0.281 e. The van der Waals surface area contributed by atoms with E-state index in [0.717, 1.165) is 0 Å². The SMILES string of the molecule is FC(F)(F)c1n[nH]c2c1CSC2. The van der Waals surface area contributed by atoms with E-state index < -0.39 is 11.9 Å². The van der Waals surface area contributed by atoms with E-state index in [1.165, 1.54) is 11.8 Å². The second-order valence-corrected chi connectivity index (χ2v) is 3.51. The van der Waals surface area contributed by atoms with E-state index in [1.54, 1.807) is 0 Å². The number of hydrogen-bond donors (Lipinski definition) is 1. The van der Waals surface area contributed by atoms with Crippen LogP contribution in [0, 0.1) is 0 Å². The summed E-state index contributed by atoms with van der Waals surface area (Å²) in [5.74, 6) is 1.03. The maximum atomic E-state index is 12.2. The third-order valence-corrected chi connectivity index (χ3v) is 2.70. The van der Waals surface area contributed by atoms with Crippen molar-refractivity contribution in [3.8, 4) is 0 Å². The quantitative estimate of drug-likeness (QED) is 0.685. The Labute approximate surface area is 70.5 Å². The van der Waals surface area contributed by atoms with Crippen LogP contribution in [0.3, 0.4) is 0 Å². The number of nitrogens with one attached hydrogen (secondary N) is 1. The highest BCUT2D eigenvalue weighted by Gasteiger charge is 2.38. The van der Waals surface area contributed by atoms with Gasteiger partial charge in [-0.3, -0.25) is 5.10 Å². The molecule has 2 rings (SSSR count). The van der Waals surface area contributed by atoms with Crippen molar-refractivity contribution in [3.63, 3.8) is 0 Å². The lowest BCUT2D eigenvalue weighted by molar-refractivity contribution is -0.141. The van der Waals surface area contributed by atoms with Crippen LogP contribution >= 0.6 is 11.8 Å². The first-order chi connectivity index (χ1) is 5.59. The number of thioether (sulfide) groups is 1. The molecular formula is C6H5F3N2S. The second kappa shape index (κ2) is 2.42. The van der Waals surface area contributed by atoms with Crippen LogP contribution in [0.25, 0.3) is 0 Å². The molecule has 1 aromatic rings. The summed E-state index contributed by atoms with van der Waals surface area (Å²) in [6, 6.07) is 0. The van der Waals surface area contributed by atoms with Gasteiger partial charge in [-0.05, 0) is 0 Å². The molecule has 0 aromatic carbocycles. The maximum absolute atomic E-state index is 12.2. The molecule has 1 N–H and O–H groups in total. The van der Waals surface area contributed by atoms with E-state index in [1.807, 2.05) is 0 Å². The fraction of sp³-hybridized carbons (Fsp3) is 0.500. The zero-order valence-corrected chi connectivity index (χ0v) is 6.72. The second-order valence-electron chi connectivity index (χ2n) is 2.52. The largest absolute Gasteiger partial charge is 0.435 e. The lowest BCUT2D eigenvalue weighted by atomic mass is 10.2. The lowest BCUT2D eigenvalue weighted by Crippen LogP contribution is -2.08. The number of aromatic nitrogens is 2. The highest BCUT2D eigenvalue weighted by atomic mass is 32.2. The predicted octanol–water partition coefficient (Wildman–Crippen LogP) is 2.18. The Bertz CT molecular complexity index is 304. The van der Waals surface area contributed by atoms with Gasteiger partial charge in [0, 0.05) is 22.8 Å². The summed E-state index contributed by atoms with van der Waals surface area (Å²) in [5.41, 5.74) is 0.197. The molecule has 0 bridgehead atoms. The van der Waals surface area contributed by atoms with Crippen LogP contribution < -0.4 is 0 Å². The molecule has 0 atom stereocenters. The minimum Gasteiger partial charge on any atom is -0.281 e. The van der Waals surface area contributed by atoms with Crippen LogP contribution in [0.1, 0.15) is 17.0 Å². The van der Waals surface area contributed by atoms with Gasteiger partial charge in [-0.15, -0.1) is 0 Å². The van der Waals surface area contributed by atoms with Crippen molar-refractivity contribution in [1.82, 2.24) is 10.2 Å². The van der Waals surface area contributed by atoms with Crippen molar-refractivity contribution in [2.24, 2.45) is 0 Å². The number of fused-ring (bicyclic) bond motifs is 1. The van der Waals surface area contributed by atoms with Gasteiger partial charge < -0.3 is 0 Å². The van der Waals surface area contributed by atoms with Crippen LogP contribution in [0.15, 0.2) is 0 Å². The molecule has 1 aliphatic rings. The molecule has 0 radical (unpaired) electrons. The average Bonchev–Trinajstić information content (AvgIpc) is 2.37. The Morgan fingerprint density at radius 3 is 2.75 bits per heavy atom. The molecule has 2 nitrogen and oxygen atoms in total.